The minimum absolute atomic E-state index is 0.200. The first-order valence-corrected chi connectivity index (χ1v) is 8.39. The molecule has 2 aromatic rings. The van der Waals surface area contributed by atoms with E-state index in [1.165, 1.54) is 0 Å². The van der Waals surface area contributed by atoms with E-state index >= 15 is 0 Å². The summed E-state index contributed by atoms with van der Waals surface area (Å²) in [6.45, 7) is 7.61. The summed E-state index contributed by atoms with van der Waals surface area (Å²) in [5, 5.41) is 0. The van der Waals surface area contributed by atoms with Gasteiger partial charge in [0.15, 0.2) is 0 Å². The number of aryl methyl sites for hydroxylation is 3. The Hall–Kier alpha value is -2.15. The lowest BCUT2D eigenvalue weighted by Gasteiger charge is -2.13. The summed E-state index contributed by atoms with van der Waals surface area (Å²) in [5.74, 6) is 0. The number of rotatable bonds is 5. The second kappa shape index (κ2) is 6.31. The first-order chi connectivity index (χ1) is 10.3. The third-order valence-electron chi connectivity index (χ3n) is 3.09. The van der Waals surface area contributed by atoms with Gasteiger partial charge in [0.2, 0.25) is 0 Å². The highest BCUT2D eigenvalue weighted by molar-refractivity contribution is 7.92. The Balaban J connectivity index is 2.35. The predicted octanol–water partition coefficient (Wildman–Crippen LogP) is 2.60. The summed E-state index contributed by atoms with van der Waals surface area (Å²) in [6, 6.07) is 6.89. The van der Waals surface area contributed by atoms with Crippen LogP contribution in [0.15, 0.2) is 29.2 Å². The number of hydrogen-bond acceptors (Lipinski definition) is 5. The van der Waals surface area contributed by atoms with E-state index < -0.39 is 10.0 Å². The van der Waals surface area contributed by atoms with Gasteiger partial charge in [-0.05, 0) is 39.8 Å². The van der Waals surface area contributed by atoms with Crippen LogP contribution in [0.25, 0.3) is 0 Å². The van der Waals surface area contributed by atoms with Gasteiger partial charge in [-0.3, -0.25) is 4.72 Å². The van der Waals surface area contributed by atoms with Gasteiger partial charge >= 0.3 is 6.01 Å². The maximum atomic E-state index is 12.4. The number of aromatic nitrogens is 2. The van der Waals surface area contributed by atoms with E-state index in [1.54, 1.807) is 38.1 Å². The zero-order chi connectivity index (χ0) is 16.3. The molecule has 0 atom stereocenters. The quantitative estimate of drug-likeness (QED) is 0.915. The summed E-state index contributed by atoms with van der Waals surface area (Å²) in [5.41, 5.74) is 2.41. The number of hydrogen-bond donors (Lipinski definition) is 1. The SMILES string of the molecule is CCOc1nc(C)c(NS(=O)(=O)c2ccc(C)cc2)c(C)n1. The molecule has 0 radical (unpaired) electrons. The van der Waals surface area contributed by atoms with Gasteiger partial charge in [0.05, 0.1) is 28.6 Å². The van der Waals surface area contributed by atoms with Crippen LogP contribution < -0.4 is 9.46 Å². The fraction of sp³-hybridized carbons (Fsp3) is 0.333. The van der Waals surface area contributed by atoms with Crippen molar-refractivity contribution < 1.29 is 13.2 Å². The van der Waals surface area contributed by atoms with Gasteiger partial charge in [0, 0.05) is 0 Å². The lowest BCUT2D eigenvalue weighted by atomic mass is 10.2. The van der Waals surface area contributed by atoms with Crippen LogP contribution in [0.4, 0.5) is 5.69 Å². The number of ether oxygens (including phenoxy) is 1. The summed E-state index contributed by atoms with van der Waals surface area (Å²) in [6.07, 6.45) is 0. The van der Waals surface area contributed by atoms with Gasteiger partial charge in [0.1, 0.15) is 0 Å². The molecule has 22 heavy (non-hydrogen) atoms. The van der Waals surface area contributed by atoms with Crippen LogP contribution in [0.2, 0.25) is 0 Å². The van der Waals surface area contributed by atoms with E-state index in [0.29, 0.717) is 23.7 Å². The van der Waals surface area contributed by atoms with E-state index in [0.717, 1.165) is 5.56 Å². The van der Waals surface area contributed by atoms with Crippen molar-refractivity contribution in [1.82, 2.24) is 9.97 Å². The summed E-state index contributed by atoms with van der Waals surface area (Å²) >= 11 is 0. The molecule has 1 aromatic carbocycles. The van der Waals surface area contributed by atoms with Crippen LogP contribution in [0.5, 0.6) is 6.01 Å². The van der Waals surface area contributed by atoms with E-state index in [4.69, 9.17) is 4.74 Å². The van der Waals surface area contributed by atoms with E-state index in [9.17, 15) is 8.42 Å². The highest BCUT2D eigenvalue weighted by Gasteiger charge is 2.18. The Morgan fingerprint density at radius 1 is 1.05 bits per heavy atom. The maximum Gasteiger partial charge on any atom is 0.316 e. The molecule has 1 heterocycles. The Kier molecular flexibility index (Phi) is 4.65. The van der Waals surface area contributed by atoms with Gasteiger partial charge in [-0.2, -0.15) is 9.97 Å². The molecule has 0 amide bonds. The van der Waals surface area contributed by atoms with Gasteiger partial charge in [-0.25, -0.2) is 8.42 Å². The Morgan fingerprint density at radius 3 is 2.09 bits per heavy atom. The van der Waals surface area contributed by atoms with Crippen molar-refractivity contribution in [3.05, 3.63) is 41.2 Å². The monoisotopic (exact) mass is 321 g/mol. The highest BCUT2D eigenvalue weighted by atomic mass is 32.2. The van der Waals surface area contributed by atoms with E-state index in [2.05, 4.69) is 14.7 Å². The van der Waals surface area contributed by atoms with Crippen molar-refractivity contribution in [2.75, 3.05) is 11.3 Å². The zero-order valence-corrected chi connectivity index (χ0v) is 13.9. The van der Waals surface area contributed by atoms with Crippen LogP contribution in [0.1, 0.15) is 23.9 Å². The third-order valence-corrected chi connectivity index (χ3v) is 4.46. The van der Waals surface area contributed by atoms with Crippen LogP contribution in [-0.2, 0) is 10.0 Å². The Labute approximate surface area is 130 Å². The number of nitrogens with one attached hydrogen (secondary N) is 1. The van der Waals surface area contributed by atoms with Crippen LogP contribution in [0.3, 0.4) is 0 Å². The molecule has 6 nitrogen and oxygen atoms in total. The molecule has 0 aliphatic rings. The maximum absolute atomic E-state index is 12.4. The Morgan fingerprint density at radius 2 is 1.59 bits per heavy atom. The lowest BCUT2D eigenvalue weighted by molar-refractivity contribution is 0.311. The summed E-state index contributed by atoms with van der Waals surface area (Å²) in [4.78, 5) is 8.51. The molecule has 0 unspecified atom stereocenters. The standard InChI is InChI=1S/C15H19N3O3S/c1-5-21-15-16-11(3)14(12(4)17-15)18-22(19,20)13-8-6-10(2)7-9-13/h6-9,18H,5H2,1-4H3. The topological polar surface area (TPSA) is 81.2 Å². The molecule has 118 valence electrons. The van der Waals surface area contributed by atoms with Crippen molar-refractivity contribution >= 4 is 15.7 Å². The number of benzene rings is 1. The average Bonchev–Trinajstić information content (AvgIpc) is 2.44. The predicted molar refractivity (Wildman–Crippen MR) is 84.7 cm³/mol. The molecule has 0 aliphatic heterocycles. The molecule has 1 aromatic heterocycles. The molecule has 1 N–H and O–H groups in total. The first kappa shape index (κ1) is 16.2. The second-order valence-corrected chi connectivity index (χ2v) is 6.59. The van der Waals surface area contributed by atoms with Gasteiger partial charge in [-0.1, -0.05) is 17.7 Å². The van der Waals surface area contributed by atoms with Crippen molar-refractivity contribution in [1.29, 1.82) is 0 Å². The van der Waals surface area contributed by atoms with Crippen molar-refractivity contribution in [2.24, 2.45) is 0 Å². The normalized spacial score (nSPS) is 11.3. The smallest absolute Gasteiger partial charge is 0.316 e. The molecular weight excluding hydrogens is 302 g/mol. The van der Waals surface area contributed by atoms with Crippen LogP contribution >= 0.6 is 0 Å². The molecule has 0 saturated heterocycles. The number of anilines is 1. The number of nitrogens with zero attached hydrogens (tertiary/aromatic N) is 2. The molecule has 0 saturated carbocycles. The molecule has 0 bridgehead atoms. The largest absolute Gasteiger partial charge is 0.464 e. The van der Waals surface area contributed by atoms with E-state index in [1.807, 2.05) is 13.8 Å². The minimum atomic E-state index is -3.67. The molecule has 0 aliphatic carbocycles. The molecule has 0 spiro atoms. The molecule has 2 rings (SSSR count). The fourth-order valence-corrected chi connectivity index (χ4v) is 3.11. The van der Waals surface area contributed by atoms with E-state index in [-0.39, 0.29) is 10.9 Å². The average molecular weight is 321 g/mol. The zero-order valence-electron chi connectivity index (χ0n) is 13.0. The number of sulfonamides is 1. The highest BCUT2D eigenvalue weighted by Crippen LogP contribution is 2.23. The molecule has 7 heteroatoms. The lowest BCUT2D eigenvalue weighted by Crippen LogP contribution is -2.16. The first-order valence-electron chi connectivity index (χ1n) is 6.91. The summed E-state index contributed by atoms with van der Waals surface area (Å²) < 4.78 is 32.7. The fourth-order valence-electron chi connectivity index (χ4n) is 1.94. The van der Waals surface area contributed by atoms with Gasteiger partial charge < -0.3 is 4.74 Å². The molecular formula is C15H19N3O3S. The van der Waals surface area contributed by atoms with Gasteiger partial charge in [-0.15, -0.1) is 0 Å². The van der Waals surface area contributed by atoms with Gasteiger partial charge in [0.25, 0.3) is 10.0 Å². The van der Waals surface area contributed by atoms with Crippen LogP contribution in [0, 0.1) is 20.8 Å². The van der Waals surface area contributed by atoms with Crippen molar-refractivity contribution in [2.45, 2.75) is 32.6 Å². The van der Waals surface area contributed by atoms with Crippen LogP contribution in [-0.4, -0.2) is 25.0 Å². The van der Waals surface area contributed by atoms with Crippen molar-refractivity contribution in [3.8, 4) is 6.01 Å². The van der Waals surface area contributed by atoms with Crippen molar-refractivity contribution in [3.63, 3.8) is 0 Å². The molecule has 0 fully saturated rings. The minimum Gasteiger partial charge on any atom is -0.464 e. The second-order valence-electron chi connectivity index (χ2n) is 4.90. The Bertz CT molecular complexity index is 748. The summed E-state index contributed by atoms with van der Waals surface area (Å²) in [7, 11) is -3.67. The third kappa shape index (κ3) is 3.54.